The summed E-state index contributed by atoms with van der Waals surface area (Å²) in [5.74, 6) is 0.856. The second-order valence-electron chi connectivity index (χ2n) is 6.91. The van der Waals surface area contributed by atoms with Gasteiger partial charge in [0.25, 0.3) is 0 Å². The van der Waals surface area contributed by atoms with Crippen LogP contribution in [0.3, 0.4) is 0 Å². The van der Waals surface area contributed by atoms with Gasteiger partial charge in [0.05, 0.1) is 11.0 Å². The monoisotopic (exact) mass is 333 g/mol. The molecule has 0 aliphatic heterocycles. The van der Waals surface area contributed by atoms with Gasteiger partial charge in [0.15, 0.2) is 0 Å². The second kappa shape index (κ2) is 6.71. The molecule has 1 heterocycles. The van der Waals surface area contributed by atoms with Crippen molar-refractivity contribution in [2.45, 2.75) is 38.1 Å². The number of carbonyl (C=O) groups excluding carboxylic acids is 1. The highest BCUT2D eigenvalue weighted by Gasteiger charge is 2.32. The van der Waals surface area contributed by atoms with Gasteiger partial charge in [-0.15, -0.1) is 0 Å². The highest BCUT2D eigenvalue weighted by molar-refractivity contribution is 5.86. The van der Waals surface area contributed by atoms with Crippen molar-refractivity contribution in [1.29, 1.82) is 0 Å². The van der Waals surface area contributed by atoms with Gasteiger partial charge in [-0.3, -0.25) is 4.79 Å². The summed E-state index contributed by atoms with van der Waals surface area (Å²) >= 11 is 0. The van der Waals surface area contributed by atoms with Gasteiger partial charge < -0.3 is 10.3 Å². The summed E-state index contributed by atoms with van der Waals surface area (Å²) in [5.41, 5.74) is 8.81. The summed E-state index contributed by atoms with van der Waals surface area (Å²) in [7, 11) is 0. The van der Waals surface area contributed by atoms with Crippen molar-refractivity contribution in [2.75, 3.05) is 0 Å². The van der Waals surface area contributed by atoms with E-state index in [0.717, 1.165) is 35.3 Å². The summed E-state index contributed by atoms with van der Waals surface area (Å²) in [5, 5.41) is 0. The lowest BCUT2D eigenvalue weighted by molar-refractivity contribution is -0.122. The van der Waals surface area contributed by atoms with Crippen molar-refractivity contribution in [3.05, 3.63) is 54.6 Å². The third kappa shape index (κ3) is 2.93. The lowest BCUT2D eigenvalue weighted by atomic mass is 9.83. The number of hydrogen-bond acceptors (Lipinski definition) is 2. The number of para-hydroxylation sites is 2. The molecular weight excluding hydrogens is 310 g/mol. The molecule has 4 rings (SSSR count). The number of primary amides is 1. The van der Waals surface area contributed by atoms with E-state index >= 15 is 0 Å². The number of amides is 1. The fraction of sp³-hybridized carbons (Fsp3) is 0.333. The number of hydrogen-bond donors (Lipinski definition) is 1. The molecule has 1 fully saturated rings. The van der Waals surface area contributed by atoms with Gasteiger partial charge in [-0.1, -0.05) is 61.7 Å². The molecule has 4 nitrogen and oxygen atoms in total. The van der Waals surface area contributed by atoms with E-state index in [2.05, 4.69) is 4.57 Å². The van der Waals surface area contributed by atoms with Crippen LogP contribution in [0.4, 0.5) is 0 Å². The van der Waals surface area contributed by atoms with Crippen LogP contribution in [-0.4, -0.2) is 15.5 Å². The predicted molar refractivity (Wildman–Crippen MR) is 100.0 cm³/mol. The van der Waals surface area contributed by atoms with E-state index in [9.17, 15) is 4.79 Å². The van der Waals surface area contributed by atoms with Gasteiger partial charge in [0.2, 0.25) is 5.91 Å². The summed E-state index contributed by atoms with van der Waals surface area (Å²) in [4.78, 5) is 17.3. The Hall–Kier alpha value is -2.62. The van der Waals surface area contributed by atoms with E-state index in [1.54, 1.807) is 0 Å². The fourth-order valence-corrected chi connectivity index (χ4v) is 4.14. The third-order valence-electron chi connectivity index (χ3n) is 5.29. The van der Waals surface area contributed by atoms with Crippen LogP contribution in [0.15, 0.2) is 54.6 Å². The standard InChI is InChI=1S/C21H23N3O/c22-20(25)19(15-9-3-1-4-10-15)24-18-14-8-7-13-17(18)23-21(24)16-11-5-2-6-12-16/h2,5-8,11-15,19H,1,3-4,9-10H2,(H2,22,25). The van der Waals surface area contributed by atoms with Crippen molar-refractivity contribution in [3.8, 4) is 11.4 Å². The summed E-state index contributed by atoms with van der Waals surface area (Å²) < 4.78 is 2.09. The first-order chi connectivity index (χ1) is 12.3. The molecule has 2 N–H and O–H groups in total. The van der Waals surface area contributed by atoms with Crippen LogP contribution in [0.25, 0.3) is 22.4 Å². The Morgan fingerprint density at radius 3 is 2.40 bits per heavy atom. The van der Waals surface area contributed by atoms with E-state index in [1.165, 1.54) is 19.3 Å². The van der Waals surface area contributed by atoms with E-state index in [4.69, 9.17) is 10.7 Å². The zero-order valence-electron chi connectivity index (χ0n) is 14.3. The second-order valence-corrected chi connectivity index (χ2v) is 6.91. The smallest absolute Gasteiger partial charge is 0.240 e. The van der Waals surface area contributed by atoms with E-state index < -0.39 is 0 Å². The number of aromatic nitrogens is 2. The van der Waals surface area contributed by atoms with Gasteiger partial charge in [-0.25, -0.2) is 4.98 Å². The Kier molecular flexibility index (Phi) is 4.26. The van der Waals surface area contributed by atoms with Crippen molar-refractivity contribution in [3.63, 3.8) is 0 Å². The molecule has 2 aromatic carbocycles. The summed E-state index contributed by atoms with van der Waals surface area (Å²) in [6.45, 7) is 0. The molecule has 1 aliphatic carbocycles. The van der Waals surface area contributed by atoms with Crippen molar-refractivity contribution in [1.82, 2.24) is 9.55 Å². The molecule has 1 atom stereocenters. The molecule has 0 radical (unpaired) electrons. The van der Waals surface area contributed by atoms with Gasteiger partial charge in [-0.2, -0.15) is 0 Å². The minimum absolute atomic E-state index is 0.257. The van der Waals surface area contributed by atoms with Gasteiger partial charge in [0.1, 0.15) is 11.9 Å². The highest BCUT2D eigenvalue weighted by Crippen LogP contribution is 2.37. The number of fused-ring (bicyclic) bond motifs is 1. The molecule has 1 amide bonds. The molecular formula is C21H23N3O. The minimum atomic E-state index is -0.345. The lowest BCUT2D eigenvalue weighted by Gasteiger charge is -2.30. The number of nitrogens with two attached hydrogens (primary N) is 1. The normalized spacial score (nSPS) is 16.8. The Labute approximate surface area is 147 Å². The number of carbonyl (C=O) groups is 1. The Bertz CT molecular complexity index is 879. The molecule has 4 heteroatoms. The number of benzene rings is 2. The van der Waals surface area contributed by atoms with E-state index in [-0.39, 0.29) is 17.9 Å². The average Bonchev–Trinajstić information content (AvgIpc) is 3.03. The van der Waals surface area contributed by atoms with E-state index in [0.29, 0.717) is 0 Å². The topological polar surface area (TPSA) is 60.9 Å². The summed E-state index contributed by atoms with van der Waals surface area (Å²) in [6, 6.07) is 17.7. The van der Waals surface area contributed by atoms with Crippen LogP contribution in [0.5, 0.6) is 0 Å². The first-order valence-corrected chi connectivity index (χ1v) is 9.07. The molecule has 1 saturated carbocycles. The SMILES string of the molecule is NC(=O)C(C1CCCCC1)n1c(-c2ccccc2)nc2ccccc21. The van der Waals surface area contributed by atoms with Crippen LogP contribution < -0.4 is 5.73 Å². The van der Waals surface area contributed by atoms with Crippen LogP contribution in [-0.2, 0) is 4.79 Å². The largest absolute Gasteiger partial charge is 0.368 e. The molecule has 0 saturated heterocycles. The molecule has 3 aromatic rings. The number of rotatable bonds is 4. The van der Waals surface area contributed by atoms with Gasteiger partial charge in [0, 0.05) is 5.56 Å². The Morgan fingerprint density at radius 2 is 1.68 bits per heavy atom. The van der Waals surface area contributed by atoms with Crippen molar-refractivity contribution < 1.29 is 4.79 Å². The maximum Gasteiger partial charge on any atom is 0.240 e. The Morgan fingerprint density at radius 1 is 1.00 bits per heavy atom. The molecule has 1 aromatic heterocycles. The van der Waals surface area contributed by atoms with Crippen LogP contribution in [0.1, 0.15) is 38.1 Å². The Balaban J connectivity index is 1.93. The third-order valence-corrected chi connectivity index (χ3v) is 5.29. The summed E-state index contributed by atoms with van der Waals surface area (Å²) in [6.07, 6.45) is 5.68. The molecule has 0 spiro atoms. The fourth-order valence-electron chi connectivity index (χ4n) is 4.14. The van der Waals surface area contributed by atoms with Crippen molar-refractivity contribution in [2.24, 2.45) is 11.7 Å². The van der Waals surface area contributed by atoms with Crippen molar-refractivity contribution >= 4 is 16.9 Å². The molecule has 128 valence electrons. The van der Waals surface area contributed by atoms with E-state index in [1.807, 2.05) is 54.6 Å². The van der Waals surface area contributed by atoms with Crippen LogP contribution >= 0.6 is 0 Å². The molecule has 1 unspecified atom stereocenters. The van der Waals surface area contributed by atoms with Gasteiger partial charge >= 0.3 is 0 Å². The maximum atomic E-state index is 12.5. The molecule has 1 aliphatic rings. The van der Waals surface area contributed by atoms with Crippen LogP contribution in [0, 0.1) is 5.92 Å². The zero-order valence-corrected chi connectivity index (χ0v) is 14.3. The lowest BCUT2D eigenvalue weighted by Crippen LogP contribution is -2.34. The average molecular weight is 333 g/mol. The minimum Gasteiger partial charge on any atom is -0.368 e. The first-order valence-electron chi connectivity index (χ1n) is 9.07. The number of nitrogens with zero attached hydrogens (tertiary/aromatic N) is 2. The van der Waals surface area contributed by atoms with Crippen LogP contribution in [0.2, 0.25) is 0 Å². The molecule has 0 bridgehead atoms. The quantitative estimate of drug-likeness (QED) is 0.773. The molecule has 25 heavy (non-hydrogen) atoms. The maximum absolute atomic E-state index is 12.5. The zero-order chi connectivity index (χ0) is 17.2. The number of imidazole rings is 1. The van der Waals surface area contributed by atoms with Gasteiger partial charge in [-0.05, 0) is 30.9 Å². The highest BCUT2D eigenvalue weighted by atomic mass is 16.1. The predicted octanol–water partition coefficient (Wildman–Crippen LogP) is 4.31. The first kappa shape index (κ1) is 15.9.